The molecule has 1 heterocycles. The van der Waals surface area contributed by atoms with Crippen LogP contribution in [0.25, 0.3) is 0 Å². The molecule has 5 nitrogen and oxygen atoms in total. The topological polar surface area (TPSA) is 64.0 Å². The highest BCUT2D eigenvalue weighted by atomic mass is 19.4. The van der Waals surface area contributed by atoms with Crippen LogP contribution in [0.2, 0.25) is 0 Å². The molecule has 1 saturated carbocycles. The van der Waals surface area contributed by atoms with Crippen molar-refractivity contribution in [1.82, 2.24) is 15.1 Å². The van der Waals surface area contributed by atoms with Gasteiger partial charge in [0.1, 0.15) is 5.69 Å². The molecule has 132 valence electrons. The van der Waals surface area contributed by atoms with Crippen LogP contribution >= 0.6 is 0 Å². The van der Waals surface area contributed by atoms with Gasteiger partial charge in [-0.25, -0.2) is 0 Å². The highest BCUT2D eigenvalue weighted by Crippen LogP contribution is 2.33. The Morgan fingerprint density at radius 2 is 1.92 bits per heavy atom. The average Bonchev–Trinajstić information content (AvgIpc) is 2.93. The first kappa shape index (κ1) is 17.0. The van der Waals surface area contributed by atoms with Crippen LogP contribution < -0.4 is 5.32 Å². The molecule has 1 N–H and O–H groups in total. The number of fused-ring (bicyclic) bond motifs is 1. The second-order valence-corrected chi connectivity index (χ2v) is 6.58. The SMILES string of the molecule is O=Cc1nn(C2CCCCC2)c2c1CC(NC(=O)C(F)(F)F)CC2. The number of halogens is 3. The molecule has 2 aliphatic rings. The summed E-state index contributed by atoms with van der Waals surface area (Å²) in [5.74, 6) is -1.93. The molecule has 0 bridgehead atoms. The number of carbonyl (C=O) groups excluding carboxylic acids is 2. The van der Waals surface area contributed by atoms with Crippen molar-refractivity contribution >= 4 is 12.2 Å². The fraction of sp³-hybridized carbons (Fsp3) is 0.688. The molecule has 1 atom stereocenters. The van der Waals surface area contributed by atoms with Gasteiger partial charge < -0.3 is 5.32 Å². The van der Waals surface area contributed by atoms with Gasteiger partial charge in [0, 0.05) is 17.3 Å². The van der Waals surface area contributed by atoms with Gasteiger partial charge in [0.15, 0.2) is 6.29 Å². The number of hydrogen-bond donors (Lipinski definition) is 1. The van der Waals surface area contributed by atoms with Crippen molar-refractivity contribution in [3.63, 3.8) is 0 Å². The lowest BCUT2D eigenvalue weighted by atomic mass is 9.90. The van der Waals surface area contributed by atoms with Crippen molar-refractivity contribution < 1.29 is 22.8 Å². The number of aldehydes is 1. The van der Waals surface area contributed by atoms with Gasteiger partial charge in [-0.2, -0.15) is 18.3 Å². The minimum atomic E-state index is -4.89. The van der Waals surface area contributed by atoms with Crippen molar-refractivity contribution in [2.45, 2.75) is 69.6 Å². The number of hydrogen-bond acceptors (Lipinski definition) is 3. The predicted octanol–water partition coefficient (Wildman–Crippen LogP) is 2.74. The molecule has 1 fully saturated rings. The Morgan fingerprint density at radius 3 is 2.54 bits per heavy atom. The zero-order valence-corrected chi connectivity index (χ0v) is 13.2. The maximum absolute atomic E-state index is 12.4. The molecule has 0 aromatic carbocycles. The third kappa shape index (κ3) is 3.32. The molecule has 2 aliphatic carbocycles. The van der Waals surface area contributed by atoms with Crippen LogP contribution in [0.3, 0.4) is 0 Å². The van der Waals surface area contributed by atoms with Crippen molar-refractivity contribution in [2.24, 2.45) is 0 Å². The van der Waals surface area contributed by atoms with Crippen molar-refractivity contribution in [3.8, 4) is 0 Å². The van der Waals surface area contributed by atoms with Gasteiger partial charge in [0.05, 0.1) is 6.04 Å². The minimum absolute atomic E-state index is 0.220. The summed E-state index contributed by atoms with van der Waals surface area (Å²) in [5, 5.41) is 6.43. The van der Waals surface area contributed by atoms with E-state index in [-0.39, 0.29) is 12.5 Å². The normalized spacial score (nSPS) is 22.0. The van der Waals surface area contributed by atoms with Gasteiger partial charge in [0.2, 0.25) is 0 Å². The Morgan fingerprint density at radius 1 is 1.21 bits per heavy atom. The molecule has 24 heavy (non-hydrogen) atoms. The van der Waals surface area contributed by atoms with E-state index in [0.717, 1.165) is 31.4 Å². The molecular weight excluding hydrogens is 323 g/mol. The second kappa shape index (κ2) is 6.57. The van der Waals surface area contributed by atoms with Crippen LogP contribution in [0.5, 0.6) is 0 Å². The Balaban J connectivity index is 1.79. The van der Waals surface area contributed by atoms with E-state index in [1.807, 2.05) is 10.00 Å². The van der Waals surface area contributed by atoms with Crippen LogP contribution in [0.4, 0.5) is 13.2 Å². The third-order valence-corrected chi connectivity index (χ3v) is 4.95. The number of aromatic nitrogens is 2. The van der Waals surface area contributed by atoms with Crippen LogP contribution in [-0.4, -0.2) is 34.2 Å². The lowest BCUT2D eigenvalue weighted by Crippen LogP contribution is -2.45. The van der Waals surface area contributed by atoms with Crippen molar-refractivity contribution in [3.05, 3.63) is 17.0 Å². The van der Waals surface area contributed by atoms with Gasteiger partial charge in [0.25, 0.3) is 0 Å². The van der Waals surface area contributed by atoms with Crippen LogP contribution in [-0.2, 0) is 17.6 Å². The van der Waals surface area contributed by atoms with Gasteiger partial charge >= 0.3 is 12.1 Å². The number of nitrogens with zero attached hydrogens (tertiary/aromatic N) is 2. The van der Waals surface area contributed by atoms with E-state index in [9.17, 15) is 22.8 Å². The number of alkyl halides is 3. The van der Waals surface area contributed by atoms with E-state index in [4.69, 9.17) is 0 Å². The maximum Gasteiger partial charge on any atom is 0.471 e. The lowest BCUT2D eigenvalue weighted by molar-refractivity contribution is -0.174. The smallest absolute Gasteiger partial charge is 0.345 e. The van der Waals surface area contributed by atoms with E-state index in [2.05, 4.69) is 5.10 Å². The first-order valence-electron chi connectivity index (χ1n) is 8.33. The van der Waals surface area contributed by atoms with Gasteiger partial charge in [-0.15, -0.1) is 0 Å². The van der Waals surface area contributed by atoms with Crippen LogP contribution in [0.1, 0.15) is 66.3 Å². The molecule has 0 saturated heterocycles. The zero-order chi connectivity index (χ0) is 17.3. The Kier molecular flexibility index (Phi) is 4.64. The number of carbonyl (C=O) groups is 2. The number of nitrogens with one attached hydrogen (secondary N) is 1. The van der Waals surface area contributed by atoms with Gasteiger partial charge in [-0.05, 0) is 32.1 Å². The molecule has 0 spiro atoms. The van der Waals surface area contributed by atoms with Gasteiger partial charge in [-0.3, -0.25) is 14.3 Å². The predicted molar refractivity (Wildman–Crippen MR) is 79.7 cm³/mol. The average molecular weight is 343 g/mol. The van der Waals surface area contributed by atoms with Crippen LogP contribution in [0.15, 0.2) is 0 Å². The summed E-state index contributed by atoms with van der Waals surface area (Å²) in [6, 6.07) is -0.350. The molecule has 8 heteroatoms. The summed E-state index contributed by atoms with van der Waals surface area (Å²) < 4.78 is 39.1. The molecule has 1 aromatic heterocycles. The lowest BCUT2D eigenvalue weighted by Gasteiger charge is -2.28. The first-order valence-corrected chi connectivity index (χ1v) is 8.33. The Labute approximate surface area is 137 Å². The van der Waals surface area contributed by atoms with E-state index in [0.29, 0.717) is 30.4 Å². The summed E-state index contributed by atoms with van der Waals surface area (Å²) in [5.41, 5.74) is 1.93. The van der Waals surface area contributed by atoms with E-state index >= 15 is 0 Å². The fourth-order valence-corrected chi connectivity index (χ4v) is 3.78. The summed E-state index contributed by atoms with van der Waals surface area (Å²) in [6.45, 7) is 0. The molecule has 3 rings (SSSR count). The molecule has 0 aliphatic heterocycles. The highest BCUT2D eigenvalue weighted by molar-refractivity contribution is 5.82. The summed E-state index contributed by atoms with van der Waals surface area (Å²) >= 11 is 0. The zero-order valence-electron chi connectivity index (χ0n) is 13.2. The molecular formula is C16H20F3N3O2. The Bertz CT molecular complexity index is 633. The minimum Gasteiger partial charge on any atom is -0.345 e. The molecule has 1 aromatic rings. The standard InChI is InChI=1S/C16H20F3N3O2/c17-16(18,19)15(24)20-10-6-7-14-12(8-10)13(9-23)21-22(14)11-4-2-1-3-5-11/h9-11H,1-8H2,(H,20,24). The highest BCUT2D eigenvalue weighted by Gasteiger charge is 2.40. The molecule has 1 unspecified atom stereocenters. The third-order valence-electron chi connectivity index (χ3n) is 4.95. The number of rotatable bonds is 3. The number of amides is 1. The molecule has 0 radical (unpaired) electrons. The Hall–Kier alpha value is -1.86. The summed E-state index contributed by atoms with van der Waals surface area (Å²) in [6.07, 6.45) is 2.42. The van der Waals surface area contributed by atoms with Gasteiger partial charge in [-0.1, -0.05) is 19.3 Å². The van der Waals surface area contributed by atoms with E-state index in [1.54, 1.807) is 0 Å². The first-order chi connectivity index (χ1) is 11.4. The summed E-state index contributed by atoms with van der Waals surface area (Å²) in [4.78, 5) is 22.4. The van der Waals surface area contributed by atoms with Crippen molar-refractivity contribution in [1.29, 1.82) is 0 Å². The summed E-state index contributed by atoms with van der Waals surface area (Å²) in [7, 11) is 0. The fourth-order valence-electron chi connectivity index (χ4n) is 3.78. The largest absolute Gasteiger partial charge is 0.471 e. The van der Waals surface area contributed by atoms with Crippen molar-refractivity contribution in [2.75, 3.05) is 0 Å². The van der Waals surface area contributed by atoms with E-state index < -0.39 is 18.1 Å². The maximum atomic E-state index is 12.4. The monoisotopic (exact) mass is 343 g/mol. The molecule has 1 amide bonds. The van der Waals surface area contributed by atoms with E-state index in [1.165, 1.54) is 6.42 Å². The van der Waals surface area contributed by atoms with Crippen LogP contribution in [0, 0.1) is 0 Å². The quantitative estimate of drug-likeness (QED) is 0.859. The second-order valence-electron chi connectivity index (χ2n) is 6.58.